The van der Waals surface area contributed by atoms with Gasteiger partial charge in [0.05, 0.1) is 11.4 Å². The third-order valence-corrected chi connectivity index (χ3v) is 7.04. The Morgan fingerprint density at radius 3 is 2.35 bits per heavy atom. The van der Waals surface area contributed by atoms with Crippen molar-refractivity contribution >= 4 is 28.7 Å². The van der Waals surface area contributed by atoms with Crippen molar-refractivity contribution in [1.82, 2.24) is 19.4 Å². The lowest BCUT2D eigenvalue weighted by Crippen LogP contribution is -2.32. The molecule has 0 atom stereocenters. The molecule has 0 unspecified atom stereocenters. The van der Waals surface area contributed by atoms with E-state index in [2.05, 4.69) is 4.98 Å². The standard InChI is InChI=1S/C29H25FN4O2S/c1-2-33(18-20-9-5-3-6-10-20)25(35)19-37-29-32-26-24(21-11-7-4-8-12-21)17-31-27(26)28(36)34(29)23-15-13-22(30)14-16-23/h3-17,31H,2,18-19H2,1H3. The number of nitrogens with zero attached hydrogens (tertiary/aromatic N) is 3. The van der Waals surface area contributed by atoms with Crippen molar-refractivity contribution in [3.05, 3.63) is 113 Å². The number of H-pyrrole nitrogens is 1. The molecule has 0 aliphatic carbocycles. The SMILES string of the molecule is CCN(Cc1ccccc1)C(=O)CSc1nc2c(-c3ccccc3)c[nH]c2c(=O)n1-c1ccc(F)cc1. The Morgan fingerprint density at radius 1 is 1.00 bits per heavy atom. The fourth-order valence-electron chi connectivity index (χ4n) is 4.19. The molecule has 0 aliphatic heterocycles. The first-order valence-corrected chi connectivity index (χ1v) is 12.9. The van der Waals surface area contributed by atoms with Crippen LogP contribution < -0.4 is 5.56 Å². The Hall–Kier alpha value is -4.17. The zero-order chi connectivity index (χ0) is 25.8. The molecule has 0 fully saturated rings. The first-order chi connectivity index (χ1) is 18.0. The molecule has 0 saturated carbocycles. The summed E-state index contributed by atoms with van der Waals surface area (Å²) in [6.07, 6.45) is 1.77. The molecule has 1 N–H and O–H groups in total. The summed E-state index contributed by atoms with van der Waals surface area (Å²) in [6.45, 7) is 3.00. The predicted octanol–water partition coefficient (Wildman–Crippen LogP) is 5.66. The van der Waals surface area contributed by atoms with Gasteiger partial charge in [-0.2, -0.15) is 0 Å². The normalized spacial score (nSPS) is 11.1. The predicted molar refractivity (Wildman–Crippen MR) is 145 cm³/mol. The molecule has 8 heteroatoms. The number of fused-ring (bicyclic) bond motifs is 1. The fourth-order valence-corrected chi connectivity index (χ4v) is 5.10. The quantitative estimate of drug-likeness (QED) is 0.215. The van der Waals surface area contributed by atoms with Gasteiger partial charge in [-0.15, -0.1) is 0 Å². The summed E-state index contributed by atoms with van der Waals surface area (Å²) in [5.41, 5.74) is 3.80. The Morgan fingerprint density at radius 2 is 1.68 bits per heavy atom. The number of hydrogen-bond donors (Lipinski definition) is 1. The van der Waals surface area contributed by atoms with Crippen LogP contribution in [0.4, 0.5) is 4.39 Å². The molecular weight excluding hydrogens is 487 g/mol. The van der Waals surface area contributed by atoms with Crippen LogP contribution in [0.2, 0.25) is 0 Å². The minimum Gasteiger partial charge on any atom is -0.355 e. The molecule has 2 heterocycles. The molecule has 0 spiro atoms. The molecular formula is C29H25FN4O2S. The zero-order valence-corrected chi connectivity index (χ0v) is 21.0. The van der Waals surface area contributed by atoms with Crippen LogP contribution in [0.1, 0.15) is 12.5 Å². The lowest BCUT2D eigenvalue weighted by atomic mass is 10.1. The molecule has 37 heavy (non-hydrogen) atoms. The van der Waals surface area contributed by atoms with Crippen LogP contribution in [0.15, 0.2) is 101 Å². The first kappa shape index (κ1) is 24.5. The number of thioether (sulfide) groups is 1. The number of aromatic amines is 1. The Kier molecular flexibility index (Phi) is 7.18. The second-order valence-corrected chi connectivity index (χ2v) is 9.43. The Balaban J connectivity index is 1.53. The summed E-state index contributed by atoms with van der Waals surface area (Å²) in [5, 5.41) is 0.366. The highest BCUT2D eigenvalue weighted by molar-refractivity contribution is 7.99. The van der Waals surface area contributed by atoms with Gasteiger partial charge in [0.15, 0.2) is 5.16 Å². The number of amides is 1. The summed E-state index contributed by atoms with van der Waals surface area (Å²) in [6, 6.07) is 25.2. The van der Waals surface area contributed by atoms with Crippen molar-refractivity contribution in [2.45, 2.75) is 18.6 Å². The summed E-state index contributed by atoms with van der Waals surface area (Å²) in [5.74, 6) is -0.361. The number of aromatic nitrogens is 3. The van der Waals surface area contributed by atoms with Gasteiger partial charge >= 0.3 is 0 Å². The Labute approximate surface area is 217 Å². The molecule has 186 valence electrons. The van der Waals surface area contributed by atoms with E-state index in [-0.39, 0.29) is 17.2 Å². The van der Waals surface area contributed by atoms with Crippen molar-refractivity contribution in [3.8, 4) is 16.8 Å². The number of carbonyl (C=O) groups excluding carboxylic acids is 1. The van der Waals surface area contributed by atoms with Crippen molar-refractivity contribution in [3.63, 3.8) is 0 Å². The fraction of sp³-hybridized carbons (Fsp3) is 0.138. The van der Waals surface area contributed by atoms with E-state index in [1.165, 1.54) is 40.6 Å². The van der Waals surface area contributed by atoms with Crippen LogP contribution in [0.25, 0.3) is 27.8 Å². The van der Waals surface area contributed by atoms with E-state index in [9.17, 15) is 14.0 Å². The van der Waals surface area contributed by atoms with E-state index in [0.717, 1.165) is 16.7 Å². The molecule has 0 radical (unpaired) electrons. The topological polar surface area (TPSA) is 71.0 Å². The molecule has 1 amide bonds. The van der Waals surface area contributed by atoms with Gasteiger partial charge < -0.3 is 9.88 Å². The molecule has 5 aromatic rings. The van der Waals surface area contributed by atoms with Crippen molar-refractivity contribution in [2.24, 2.45) is 0 Å². The van der Waals surface area contributed by atoms with Gasteiger partial charge in [0.1, 0.15) is 16.9 Å². The third kappa shape index (κ3) is 5.20. The molecule has 2 aromatic heterocycles. The number of rotatable bonds is 8. The van der Waals surface area contributed by atoms with Gasteiger partial charge in [-0.3, -0.25) is 14.2 Å². The van der Waals surface area contributed by atoms with Gasteiger partial charge in [0, 0.05) is 24.8 Å². The second-order valence-electron chi connectivity index (χ2n) is 8.49. The van der Waals surface area contributed by atoms with Crippen LogP contribution in [-0.4, -0.2) is 37.6 Å². The third-order valence-electron chi connectivity index (χ3n) is 6.11. The summed E-state index contributed by atoms with van der Waals surface area (Å²) in [4.78, 5) is 36.5. The molecule has 0 aliphatic rings. The maximum absolute atomic E-state index is 13.6. The van der Waals surface area contributed by atoms with Crippen molar-refractivity contribution in [1.29, 1.82) is 0 Å². The summed E-state index contributed by atoms with van der Waals surface area (Å²) >= 11 is 1.20. The van der Waals surface area contributed by atoms with Crippen LogP contribution >= 0.6 is 11.8 Å². The van der Waals surface area contributed by atoms with Crippen molar-refractivity contribution in [2.75, 3.05) is 12.3 Å². The van der Waals surface area contributed by atoms with E-state index in [1.807, 2.05) is 67.6 Å². The molecule has 5 rings (SSSR count). The minimum atomic E-state index is -0.402. The van der Waals surface area contributed by atoms with E-state index in [0.29, 0.717) is 35.0 Å². The smallest absolute Gasteiger partial charge is 0.283 e. The maximum atomic E-state index is 13.6. The van der Waals surface area contributed by atoms with Crippen LogP contribution in [-0.2, 0) is 11.3 Å². The monoisotopic (exact) mass is 512 g/mol. The lowest BCUT2D eigenvalue weighted by molar-refractivity contribution is -0.128. The molecule has 3 aromatic carbocycles. The van der Waals surface area contributed by atoms with Gasteiger partial charge in [-0.05, 0) is 42.3 Å². The summed E-state index contributed by atoms with van der Waals surface area (Å²) < 4.78 is 15.1. The van der Waals surface area contributed by atoms with Crippen LogP contribution in [0.5, 0.6) is 0 Å². The lowest BCUT2D eigenvalue weighted by Gasteiger charge is -2.21. The van der Waals surface area contributed by atoms with Gasteiger partial charge in [-0.25, -0.2) is 9.37 Å². The van der Waals surface area contributed by atoms with E-state index in [4.69, 9.17) is 4.98 Å². The molecule has 0 saturated heterocycles. The van der Waals surface area contributed by atoms with Crippen LogP contribution in [0, 0.1) is 5.82 Å². The van der Waals surface area contributed by atoms with Crippen molar-refractivity contribution < 1.29 is 9.18 Å². The van der Waals surface area contributed by atoms with Gasteiger partial charge in [0.25, 0.3) is 5.56 Å². The number of benzene rings is 3. The first-order valence-electron chi connectivity index (χ1n) is 11.9. The second kappa shape index (κ2) is 10.8. The molecule has 6 nitrogen and oxygen atoms in total. The van der Waals surface area contributed by atoms with Gasteiger partial charge in [0.2, 0.25) is 5.91 Å². The number of carbonyl (C=O) groups is 1. The minimum absolute atomic E-state index is 0.0614. The molecule has 0 bridgehead atoms. The Bertz CT molecular complexity index is 1580. The number of halogens is 1. The van der Waals surface area contributed by atoms with E-state index >= 15 is 0 Å². The summed E-state index contributed by atoms with van der Waals surface area (Å²) in [7, 11) is 0. The van der Waals surface area contributed by atoms with Gasteiger partial charge in [-0.1, -0.05) is 72.4 Å². The highest BCUT2D eigenvalue weighted by Crippen LogP contribution is 2.29. The number of hydrogen-bond acceptors (Lipinski definition) is 4. The highest BCUT2D eigenvalue weighted by atomic mass is 32.2. The van der Waals surface area contributed by atoms with E-state index < -0.39 is 5.82 Å². The average Bonchev–Trinajstić information content (AvgIpc) is 3.36. The largest absolute Gasteiger partial charge is 0.355 e. The van der Waals surface area contributed by atoms with Crippen LogP contribution in [0.3, 0.4) is 0 Å². The van der Waals surface area contributed by atoms with E-state index in [1.54, 1.807) is 11.1 Å². The average molecular weight is 513 g/mol. The maximum Gasteiger partial charge on any atom is 0.283 e. The zero-order valence-electron chi connectivity index (χ0n) is 20.2. The highest BCUT2D eigenvalue weighted by Gasteiger charge is 2.20. The number of nitrogens with one attached hydrogen (secondary N) is 1.